The quantitative estimate of drug-likeness (QED) is 0.870. The first-order chi connectivity index (χ1) is 8.76. The molecule has 100 valence electrons. The third kappa shape index (κ3) is 2.85. The smallest absolute Gasteiger partial charge is 0.119 e. The normalized spacial score (nSPS) is 25.1. The topological polar surface area (TPSA) is 30.5 Å². The lowest BCUT2D eigenvalue weighted by Gasteiger charge is -2.27. The molecule has 0 spiro atoms. The number of hydrogen-bond acceptors (Lipinski definition) is 3. The molecule has 0 aliphatic carbocycles. The third-order valence-electron chi connectivity index (χ3n) is 3.74. The molecular weight excluding hydrogens is 226 g/mol. The van der Waals surface area contributed by atoms with Crippen molar-refractivity contribution < 1.29 is 9.47 Å². The number of hydrogen-bond donors (Lipinski definition) is 1. The Bertz CT molecular complexity index is 381. The second-order valence-electron chi connectivity index (χ2n) is 4.84. The lowest BCUT2D eigenvalue weighted by Crippen LogP contribution is -2.31. The van der Waals surface area contributed by atoms with Crippen molar-refractivity contribution in [2.24, 2.45) is 5.92 Å². The van der Waals surface area contributed by atoms with Crippen molar-refractivity contribution in [3.05, 3.63) is 29.8 Å². The van der Waals surface area contributed by atoms with E-state index in [-0.39, 0.29) is 0 Å². The zero-order valence-electron chi connectivity index (χ0n) is 11.5. The first-order valence-electron chi connectivity index (χ1n) is 6.75. The van der Waals surface area contributed by atoms with Crippen LogP contribution in [-0.2, 0) is 4.74 Å². The van der Waals surface area contributed by atoms with Crippen LogP contribution >= 0.6 is 0 Å². The molecule has 3 heteroatoms. The fourth-order valence-electron chi connectivity index (χ4n) is 2.76. The molecule has 2 rings (SSSR count). The van der Waals surface area contributed by atoms with E-state index in [9.17, 15) is 0 Å². The van der Waals surface area contributed by atoms with E-state index in [1.807, 2.05) is 6.07 Å². The Morgan fingerprint density at radius 2 is 2.33 bits per heavy atom. The summed E-state index contributed by atoms with van der Waals surface area (Å²) in [6.07, 6.45) is 1.44. The van der Waals surface area contributed by atoms with Crippen LogP contribution in [0.2, 0.25) is 0 Å². The van der Waals surface area contributed by atoms with E-state index in [2.05, 4.69) is 37.4 Å². The highest BCUT2D eigenvalue weighted by molar-refractivity contribution is 5.31. The largest absolute Gasteiger partial charge is 0.497 e. The van der Waals surface area contributed by atoms with E-state index in [1.54, 1.807) is 7.11 Å². The molecule has 1 aromatic carbocycles. The summed E-state index contributed by atoms with van der Waals surface area (Å²) < 4.78 is 11.0. The monoisotopic (exact) mass is 249 g/mol. The number of rotatable bonds is 5. The van der Waals surface area contributed by atoms with Crippen LogP contribution in [0.4, 0.5) is 0 Å². The van der Waals surface area contributed by atoms with Crippen LogP contribution < -0.4 is 10.1 Å². The van der Waals surface area contributed by atoms with Gasteiger partial charge in [-0.1, -0.05) is 19.1 Å². The molecule has 1 N–H and O–H groups in total. The van der Waals surface area contributed by atoms with Gasteiger partial charge in [0.1, 0.15) is 5.75 Å². The summed E-state index contributed by atoms with van der Waals surface area (Å²) >= 11 is 0. The molecule has 0 saturated carbocycles. The zero-order valence-corrected chi connectivity index (χ0v) is 11.5. The molecule has 1 heterocycles. The van der Waals surface area contributed by atoms with Crippen LogP contribution in [-0.4, -0.2) is 26.4 Å². The van der Waals surface area contributed by atoms with E-state index >= 15 is 0 Å². The van der Waals surface area contributed by atoms with Crippen molar-refractivity contribution in [1.29, 1.82) is 0 Å². The predicted octanol–water partition coefficient (Wildman–Crippen LogP) is 2.77. The maximum Gasteiger partial charge on any atom is 0.119 e. The molecule has 0 amide bonds. The standard InChI is InChI=1S/C15H23NO2/c1-4-16-15(14-8-9-18-11(14)2)12-6-5-7-13(10-12)17-3/h5-7,10-11,14-16H,4,8-9H2,1-3H3. The first kappa shape index (κ1) is 13.4. The van der Waals surface area contributed by atoms with E-state index in [4.69, 9.17) is 9.47 Å². The van der Waals surface area contributed by atoms with Gasteiger partial charge in [-0.2, -0.15) is 0 Å². The second kappa shape index (κ2) is 6.21. The van der Waals surface area contributed by atoms with Crippen LogP contribution in [0.15, 0.2) is 24.3 Å². The number of ether oxygens (including phenoxy) is 2. The summed E-state index contributed by atoms with van der Waals surface area (Å²) in [6, 6.07) is 8.68. The average Bonchev–Trinajstić information content (AvgIpc) is 2.82. The lowest BCUT2D eigenvalue weighted by atomic mass is 9.88. The van der Waals surface area contributed by atoms with Gasteiger partial charge in [0.15, 0.2) is 0 Å². The maximum absolute atomic E-state index is 5.70. The zero-order chi connectivity index (χ0) is 13.0. The molecule has 18 heavy (non-hydrogen) atoms. The van der Waals surface area contributed by atoms with Crippen molar-refractivity contribution in [3.63, 3.8) is 0 Å². The van der Waals surface area contributed by atoms with Crippen LogP contribution in [0.5, 0.6) is 5.75 Å². The van der Waals surface area contributed by atoms with Gasteiger partial charge >= 0.3 is 0 Å². The van der Waals surface area contributed by atoms with Gasteiger partial charge in [0.25, 0.3) is 0 Å². The first-order valence-corrected chi connectivity index (χ1v) is 6.75. The Labute approximate surface area is 109 Å². The van der Waals surface area contributed by atoms with Gasteiger partial charge in [-0.3, -0.25) is 0 Å². The molecule has 1 saturated heterocycles. The Kier molecular flexibility index (Phi) is 4.61. The predicted molar refractivity (Wildman–Crippen MR) is 72.9 cm³/mol. The third-order valence-corrected chi connectivity index (χ3v) is 3.74. The molecule has 0 radical (unpaired) electrons. The molecule has 1 aliphatic heterocycles. The molecule has 3 atom stereocenters. The van der Waals surface area contributed by atoms with Gasteiger partial charge in [0.2, 0.25) is 0 Å². The molecule has 0 bridgehead atoms. The Balaban J connectivity index is 2.22. The summed E-state index contributed by atoms with van der Waals surface area (Å²) in [5.74, 6) is 1.46. The number of methoxy groups -OCH3 is 1. The van der Waals surface area contributed by atoms with Gasteiger partial charge < -0.3 is 14.8 Å². The molecule has 1 aliphatic rings. The van der Waals surface area contributed by atoms with Gasteiger partial charge in [0, 0.05) is 18.6 Å². The van der Waals surface area contributed by atoms with Crippen LogP contribution in [0, 0.1) is 5.92 Å². The van der Waals surface area contributed by atoms with E-state index < -0.39 is 0 Å². The second-order valence-corrected chi connectivity index (χ2v) is 4.84. The fraction of sp³-hybridized carbons (Fsp3) is 0.600. The highest BCUT2D eigenvalue weighted by atomic mass is 16.5. The van der Waals surface area contributed by atoms with Crippen molar-refractivity contribution in [2.45, 2.75) is 32.4 Å². The highest BCUT2D eigenvalue weighted by Crippen LogP contribution is 2.34. The van der Waals surface area contributed by atoms with E-state index in [1.165, 1.54) is 5.56 Å². The minimum atomic E-state index is 0.320. The van der Waals surface area contributed by atoms with E-state index in [0.29, 0.717) is 18.1 Å². The van der Waals surface area contributed by atoms with Gasteiger partial charge in [0.05, 0.1) is 13.2 Å². The van der Waals surface area contributed by atoms with Gasteiger partial charge in [-0.05, 0) is 37.6 Å². The van der Waals surface area contributed by atoms with Gasteiger partial charge in [-0.25, -0.2) is 0 Å². The SMILES string of the molecule is CCNC(c1cccc(OC)c1)C1CCOC1C. The van der Waals surface area contributed by atoms with Gasteiger partial charge in [-0.15, -0.1) is 0 Å². The molecule has 1 fully saturated rings. The molecule has 3 nitrogen and oxygen atoms in total. The van der Waals surface area contributed by atoms with Crippen LogP contribution in [0.1, 0.15) is 31.9 Å². The van der Waals surface area contributed by atoms with E-state index in [0.717, 1.165) is 25.3 Å². The number of nitrogens with one attached hydrogen (secondary N) is 1. The summed E-state index contributed by atoms with van der Waals surface area (Å²) in [5.41, 5.74) is 1.29. The van der Waals surface area contributed by atoms with Crippen molar-refractivity contribution >= 4 is 0 Å². The summed E-state index contributed by atoms with van der Waals surface area (Å²) in [6.45, 7) is 6.15. The van der Waals surface area contributed by atoms with Crippen molar-refractivity contribution in [1.82, 2.24) is 5.32 Å². The Morgan fingerprint density at radius 3 is 2.94 bits per heavy atom. The average molecular weight is 249 g/mol. The molecule has 3 unspecified atom stereocenters. The van der Waals surface area contributed by atoms with Crippen molar-refractivity contribution in [3.8, 4) is 5.75 Å². The number of benzene rings is 1. The molecule has 1 aromatic rings. The summed E-state index contributed by atoms with van der Waals surface area (Å²) in [7, 11) is 1.71. The Morgan fingerprint density at radius 1 is 1.50 bits per heavy atom. The minimum Gasteiger partial charge on any atom is -0.497 e. The summed E-state index contributed by atoms with van der Waals surface area (Å²) in [4.78, 5) is 0. The van der Waals surface area contributed by atoms with Crippen LogP contribution in [0.3, 0.4) is 0 Å². The minimum absolute atomic E-state index is 0.320. The molecular formula is C15H23NO2. The molecule has 0 aromatic heterocycles. The maximum atomic E-state index is 5.70. The van der Waals surface area contributed by atoms with Crippen molar-refractivity contribution in [2.75, 3.05) is 20.3 Å². The summed E-state index contributed by atoms with van der Waals surface area (Å²) in [5, 5.41) is 3.59. The fourth-order valence-corrected chi connectivity index (χ4v) is 2.76. The lowest BCUT2D eigenvalue weighted by molar-refractivity contribution is 0.0955. The van der Waals surface area contributed by atoms with Crippen LogP contribution in [0.25, 0.3) is 0 Å². The highest BCUT2D eigenvalue weighted by Gasteiger charge is 2.32. The Hall–Kier alpha value is -1.06.